The topological polar surface area (TPSA) is 64.7 Å². The number of benzene rings is 2. The number of carbonyl (C=O) groups is 2. The van der Waals surface area contributed by atoms with E-state index in [1.54, 1.807) is 29.3 Å². The molecule has 2 aromatic rings. The molecule has 1 heterocycles. The lowest BCUT2D eigenvalue weighted by Gasteiger charge is -2.26. The van der Waals surface area contributed by atoms with Crippen LogP contribution in [-0.4, -0.2) is 41.1 Å². The van der Waals surface area contributed by atoms with Crippen LogP contribution in [0, 0.1) is 0 Å². The average Bonchev–Trinajstić information content (AvgIpc) is 2.86. The summed E-state index contributed by atoms with van der Waals surface area (Å²) in [5.41, 5.74) is 1.29. The standard InChI is InChI=1S/C19H20N4O2S/c1-13-16(18(25)23(22(13)2)15-11-7-4-8-12-15)20-19(26)21-17(24)14-9-5-3-6-10-14/h3-13,16H,1-2H3,(H2,20,21,24,26). The Morgan fingerprint density at radius 3 is 2.23 bits per heavy atom. The van der Waals surface area contributed by atoms with Crippen LogP contribution in [0.1, 0.15) is 17.3 Å². The van der Waals surface area contributed by atoms with Crippen molar-refractivity contribution in [3.63, 3.8) is 0 Å². The van der Waals surface area contributed by atoms with Crippen molar-refractivity contribution >= 4 is 34.8 Å². The van der Waals surface area contributed by atoms with Crippen molar-refractivity contribution in [3.8, 4) is 0 Å². The molecule has 3 rings (SSSR count). The highest BCUT2D eigenvalue weighted by Crippen LogP contribution is 2.25. The summed E-state index contributed by atoms with van der Waals surface area (Å²) in [6.07, 6.45) is 0. The number of carbonyl (C=O) groups excluding carboxylic acids is 2. The van der Waals surface area contributed by atoms with Crippen molar-refractivity contribution in [1.29, 1.82) is 0 Å². The minimum Gasteiger partial charge on any atom is -0.349 e. The number of hydrazine groups is 1. The number of hydrogen-bond donors (Lipinski definition) is 2. The first-order valence-corrected chi connectivity index (χ1v) is 8.68. The van der Waals surface area contributed by atoms with Crippen LogP contribution in [0.15, 0.2) is 60.7 Å². The summed E-state index contributed by atoms with van der Waals surface area (Å²) >= 11 is 5.23. The van der Waals surface area contributed by atoms with Crippen molar-refractivity contribution in [2.75, 3.05) is 12.1 Å². The predicted octanol–water partition coefficient (Wildman–Crippen LogP) is 1.94. The lowest BCUT2D eigenvalue weighted by Crippen LogP contribution is -2.50. The number of rotatable bonds is 3. The van der Waals surface area contributed by atoms with Crippen LogP contribution >= 0.6 is 12.2 Å². The first kappa shape index (κ1) is 18.0. The van der Waals surface area contributed by atoms with Gasteiger partial charge >= 0.3 is 0 Å². The molecule has 1 saturated heterocycles. The van der Waals surface area contributed by atoms with Crippen LogP contribution in [0.3, 0.4) is 0 Å². The third-order valence-electron chi connectivity index (χ3n) is 4.41. The van der Waals surface area contributed by atoms with Crippen LogP contribution < -0.4 is 15.6 Å². The van der Waals surface area contributed by atoms with Gasteiger partial charge in [-0.05, 0) is 43.4 Å². The Kier molecular flexibility index (Phi) is 5.29. The van der Waals surface area contributed by atoms with Crippen LogP contribution in [0.25, 0.3) is 0 Å². The van der Waals surface area contributed by atoms with Crippen molar-refractivity contribution in [1.82, 2.24) is 15.6 Å². The molecule has 0 aliphatic carbocycles. The number of nitrogens with zero attached hydrogens (tertiary/aromatic N) is 2. The molecule has 1 aliphatic rings. The maximum absolute atomic E-state index is 12.9. The maximum Gasteiger partial charge on any atom is 0.265 e. The summed E-state index contributed by atoms with van der Waals surface area (Å²) in [6.45, 7) is 1.93. The molecule has 0 spiro atoms. The van der Waals surface area contributed by atoms with E-state index in [-0.39, 0.29) is 23.0 Å². The van der Waals surface area contributed by atoms with Crippen molar-refractivity contribution in [2.45, 2.75) is 19.0 Å². The second-order valence-corrected chi connectivity index (χ2v) is 6.48. The Labute approximate surface area is 157 Å². The average molecular weight is 368 g/mol. The first-order chi connectivity index (χ1) is 12.5. The first-order valence-electron chi connectivity index (χ1n) is 8.27. The number of anilines is 1. The van der Waals surface area contributed by atoms with E-state index < -0.39 is 6.04 Å². The van der Waals surface area contributed by atoms with E-state index in [0.29, 0.717) is 5.56 Å². The fourth-order valence-electron chi connectivity index (χ4n) is 2.89. The van der Waals surface area contributed by atoms with Crippen LogP contribution in [0.5, 0.6) is 0 Å². The number of thiocarbonyl (C=S) groups is 1. The smallest absolute Gasteiger partial charge is 0.265 e. The molecule has 2 unspecified atom stereocenters. The largest absolute Gasteiger partial charge is 0.349 e. The highest BCUT2D eigenvalue weighted by Gasteiger charge is 2.43. The predicted molar refractivity (Wildman–Crippen MR) is 105 cm³/mol. The normalized spacial score (nSPS) is 20.1. The SMILES string of the molecule is CC1C(NC(=S)NC(=O)c2ccccc2)C(=O)N(c2ccccc2)N1C. The lowest BCUT2D eigenvalue weighted by molar-refractivity contribution is -0.119. The van der Waals surface area contributed by atoms with Gasteiger partial charge in [-0.2, -0.15) is 0 Å². The number of nitrogens with one attached hydrogen (secondary N) is 2. The Balaban J connectivity index is 1.68. The van der Waals surface area contributed by atoms with Gasteiger partial charge in [-0.15, -0.1) is 0 Å². The number of likely N-dealkylation sites (N-methyl/N-ethyl adjacent to an activating group) is 1. The van der Waals surface area contributed by atoms with Crippen molar-refractivity contribution in [2.24, 2.45) is 0 Å². The fourth-order valence-corrected chi connectivity index (χ4v) is 3.11. The van der Waals surface area contributed by atoms with Gasteiger partial charge in [0.1, 0.15) is 6.04 Å². The van der Waals surface area contributed by atoms with E-state index in [0.717, 1.165) is 5.69 Å². The van der Waals surface area contributed by atoms with Crippen molar-refractivity contribution < 1.29 is 9.59 Å². The third kappa shape index (κ3) is 3.58. The van der Waals surface area contributed by atoms with E-state index in [1.165, 1.54) is 0 Å². The molecule has 1 fully saturated rings. The summed E-state index contributed by atoms with van der Waals surface area (Å²) in [7, 11) is 1.85. The second kappa shape index (κ2) is 7.63. The summed E-state index contributed by atoms with van der Waals surface area (Å²) in [4.78, 5) is 25.1. The quantitative estimate of drug-likeness (QED) is 0.811. The minimum absolute atomic E-state index is 0.123. The monoisotopic (exact) mass is 368 g/mol. The maximum atomic E-state index is 12.9. The summed E-state index contributed by atoms with van der Waals surface area (Å²) in [5, 5.41) is 9.21. The van der Waals surface area contributed by atoms with Gasteiger partial charge in [0.05, 0.1) is 11.7 Å². The zero-order valence-electron chi connectivity index (χ0n) is 14.5. The Morgan fingerprint density at radius 1 is 1.04 bits per heavy atom. The molecule has 2 atom stereocenters. The summed E-state index contributed by atoms with van der Waals surface area (Å²) < 4.78 is 0. The second-order valence-electron chi connectivity index (χ2n) is 6.07. The molecule has 2 N–H and O–H groups in total. The molecule has 1 aliphatic heterocycles. The van der Waals surface area contributed by atoms with E-state index >= 15 is 0 Å². The molecule has 0 radical (unpaired) electrons. The van der Waals surface area contributed by atoms with E-state index in [4.69, 9.17) is 12.2 Å². The third-order valence-corrected chi connectivity index (χ3v) is 4.63. The van der Waals surface area contributed by atoms with Gasteiger partial charge < -0.3 is 5.32 Å². The molecular weight excluding hydrogens is 348 g/mol. The molecular formula is C19H20N4O2S. The van der Waals surface area contributed by atoms with Crippen molar-refractivity contribution in [3.05, 3.63) is 66.2 Å². The van der Waals surface area contributed by atoms with Gasteiger partial charge in [-0.1, -0.05) is 36.4 Å². The van der Waals surface area contributed by atoms with Gasteiger partial charge in [-0.3, -0.25) is 14.9 Å². The molecule has 7 heteroatoms. The number of hydrogen-bond acceptors (Lipinski definition) is 4. The van der Waals surface area contributed by atoms with Gasteiger partial charge in [0, 0.05) is 12.6 Å². The molecule has 6 nitrogen and oxygen atoms in total. The Bertz CT molecular complexity index is 813. The van der Waals surface area contributed by atoms with Crippen LogP contribution in [0.2, 0.25) is 0 Å². The van der Waals surface area contributed by atoms with E-state index in [1.807, 2.05) is 55.4 Å². The number of amides is 2. The van der Waals surface area contributed by atoms with Gasteiger partial charge in [0.15, 0.2) is 5.11 Å². The molecule has 0 bridgehead atoms. The zero-order chi connectivity index (χ0) is 18.7. The number of para-hydroxylation sites is 1. The van der Waals surface area contributed by atoms with Crippen LogP contribution in [0.4, 0.5) is 5.69 Å². The molecule has 0 saturated carbocycles. The minimum atomic E-state index is -0.552. The van der Waals surface area contributed by atoms with E-state index in [9.17, 15) is 9.59 Å². The highest BCUT2D eigenvalue weighted by atomic mass is 32.1. The molecule has 134 valence electrons. The summed E-state index contributed by atoms with van der Waals surface area (Å²) in [6, 6.07) is 17.5. The molecule has 0 aromatic heterocycles. The lowest BCUT2D eigenvalue weighted by atomic mass is 10.1. The Hall–Kier alpha value is -2.77. The zero-order valence-corrected chi connectivity index (χ0v) is 15.4. The van der Waals surface area contributed by atoms with Crippen LogP contribution in [-0.2, 0) is 4.79 Å². The molecule has 26 heavy (non-hydrogen) atoms. The molecule has 2 amide bonds. The van der Waals surface area contributed by atoms with Gasteiger partial charge in [0.25, 0.3) is 11.8 Å². The highest BCUT2D eigenvalue weighted by molar-refractivity contribution is 7.80. The fraction of sp³-hybridized carbons (Fsp3) is 0.211. The van der Waals surface area contributed by atoms with E-state index in [2.05, 4.69) is 10.6 Å². The Morgan fingerprint density at radius 2 is 1.62 bits per heavy atom. The van der Waals surface area contributed by atoms with Gasteiger partial charge in [0.2, 0.25) is 0 Å². The summed E-state index contributed by atoms with van der Waals surface area (Å²) in [5.74, 6) is -0.433. The van der Waals surface area contributed by atoms with Gasteiger partial charge in [-0.25, -0.2) is 10.0 Å². The molecule has 2 aromatic carbocycles.